The summed E-state index contributed by atoms with van der Waals surface area (Å²) in [5.74, 6) is 0. The quantitative estimate of drug-likeness (QED) is 0.900. The Balaban J connectivity index is 1.70. The van der Waals surface area contributed by atoms with Crippen LogP contribution >= 0.6 is 23.2 Å². The smallest absolute Gasteiger partial charge is 0.0424 e. The third kappa shape index (κ3) is 3.30. The minimum atomic E-state index is 0.691. The topological polar surface area (TPSA) is 15.3 Å². The van der Waals surface area contributed by atoms with Crippen LogP contribution < -0.4 is 5.32 Å². The Morgan fingerprint density at radius 2 is 1.70 bits per heavy atom. The lowest BCUT2D eigenvalue weighted by Crippen LogP contribution is -2.47. The first-order valence-corrected chi connectivity index (χ1v) is 8.34. The first-order chi connectivity index (χ1) is 9.64. The molecular weight excluding hydrogens is 291 g/mol. The molecule has 3 rings (SSSR count). The van der Waals surface area contributed by atoms with Gasteiger partial charge < -0.3 is 5.32 Å². The molecule has 2 heterocycles. The summed E-state index contributed by atoms with van der Waals surface area (Å²) in [6.45, 7) is 4.27. The predicted molar refractivity (Wildman–Crippen MR) is 85.5 cm³/mol. The number of nitrogens with zero attached hydrogens (tertiary/aromatic N) is 1. The predicted octanol–water partition coefficient (Wildman–Crippen LogP) is 4.10. The van der Waals surface area contributed by atoms with Gasteiger partial charge >= 0.3 is 0 Å². The van der Waals surface area contributed by atoms with Gasteiger partial charge in [0.1, 0.15) is 0 Å². The average molecular weight is 313 g/mol. The van der Waals surface area contributed by atoms with E-state index in [0.29, 0.717) is 6.04 Å². The lowest BCUT2D eigenvalue weighted by atomic mass is 9.97. The molecule has 2 nitrogen and oxygen atoms in total. The van der Waals surface area contributed by atoms with E-state index >= 15 is 0 Å². The molecule has 2 bridgehead atoms. The van der Waals surface area contributed by atoms with E-state index in [0.717, 1.165) is 35.2 Å². The highest BCUT2D eigenvalue weighted by atomic mass is 35.5. The van der Waals surface area contributed by atoms with Crippen LogP contribution in [0.5, 0.6) is 0 Å². The Morgan fingerprint density at radius 1 is 1.10 bits per heavy atom. The van der Waals surface area contributed by atoms with E-state index in [1.54, 1.807) is 6.07 Å². The zero-order valence-electron chi connectivity index (χ0n) is 11.9. The van der Waals surface area contributed by atoms with Crippen molar-refractivity contribution >= 4 is 23.2 Å². The molecule has 1 aromatic rings. The van der Waals surface area contributed by atoms with Crippen LogP contribution in [0.1, 0.15) is 38.2 Å². The molecule has 20 heavy (non-hydrogen) atoms. The molecule has 0 aliphatic carbocycles. The largest absolute Gasteiger partial charge is 0.311 e. The van der Waals surface area contributed by atoms with E-state index in [9.17, 15) is 0 Å². The van der Waals surface area contributed by atoms with Crippen molar-refractivity contribution in [2.24, 2.45) is 0 Å². The third-order valence-electron chi connectivity index (χ3n) is 4.68. The van der Waals surface area contributed by atoms with Crippen LogP contribution in [0.25, 0.3) is 0 Å². The standard InChI is InChI=1S/C16H22Cl2N2/c1-2-20(10-11-5-12(17)7-13(18)6-11)16-8-14-3-4-15(9-16)19-14/h5-7,14-16,19H,2-4,8-10H2,1H3. The van der Waals surface area contributed by atoms with Gasteiger partial charge in [0.05, 0.1) is 0 Å². The summed E-state index contributed by atoms with van der Waals surface area (Å²) in [7, 11) is 0. The van der Waals surface area contributed by atoms with Crippen molar-refractivity contribution < 1.29 is 0 Å². The van der Waals surface area contributed by atoms with Gasteiger partial charge in [0.2, 0.25) is 0 Å². The number of hydrogen-bond donors (Lipinski definition) is 1. The second kappa shape index (κ2) is 6.23. The molecule has 1 aromatic carbocycles. The lowest BCUT2D eigenvalue weighted by molar-refractivity contribution is 0.141. The molecule has 2 atom stereocenters. The van der Waals surface area contributed by atoms with Crippen molar-refractivity contribution in [3.63, 3.8) is 0 Å². The number of benzene rings is 1. The lowest BCUT2D eigenvalue weighted by Gasteiger charge is -2.37. The normalized spacial score (nSPS) is 29.1. The Labute approximate surface area is 131 Å². The highest BCUT2D eigenvalue weighted by Crippen LogP contribution is 2.31. The minimum absolute atomic E-state index is 0.691. The Kier molecular flexibility index (Phi) is 4.56. The Morgan fingerprint density at radius 3 is 2.25 bits per heavy atom. The van der Waals surface area contributed by atoms with E-state index < -0.39 is 0 Å². The van der Waals surface area contributed by atoms with Gasteiger partial charge in [-0.05, 0) is 56.0 Å². The minimum Gasteiger partial charge on any atom is -0.311 e. The van der Waals surface area contributed by atoms with Crippen molar-refractivity contribution in [3.05, 3.63) is 33.8 Å². The molecule has 0 aromatic heterocycles. The van der Waals surface area contributed by atoms with Crippen molar-refractivity contribution in [2.75, 3.05) is 6.54 Å². The summed E-state index contributed by atoms with van der Waals surface area (Å²) in [5.41, 5.74) is 1.22. The molecule has 110 valence electrons. The van der Waals surface area contributed by atoms with Gasteiger partial charge in [-0.2, -0.15) is 0 Å². The Bertz CT molecular complexity index is 445. The number of piperidine rings is 1. The van der Waals surface area contributed by atoms with E-state index in [1.165, 1.54) is 31.2 Å². The van der Waals surface area contributed by atoms with Crippen LogP contribution in [-0.4, -0.2) is 29.6 Å². The number of fused-ring (bicyclic) bond motifs is 2. The molecule has 2 fully saturated rings. The van der Waals surface area contributed by atoms with Crippen LogP contribution in [0.4, 0.5) is 0 Å². The number of hydrogen-bond acceptors (Lipinski definition) is 2. The van der Waals surface area contributed by atoms with Gasteiger partial charge in [0.25, 0.3) is 0 Å². The van der Waals surface area contributed by atoms with E-state index in [2.05, 4.69) is 17.1 Å². The van der Waals surface area contributed by atoms with Crippen molar-refractivity contribution in [1.29, 1.82) is 0 Å². The van der Waals surface area contributed by atoms with Gasteiger partial charge in [-0.3, -0.25) is 4.90 Å². The third-order valence-corrected chi connectivity index (χ3v) is 5.12. The zero-order valence-corrected chi connectivity index (χ0v) is 13.4. The summed E-state index contributed by atoms with van der Waals surface area (Å²) in [5, 5.41) is 5.17. The molecule has 0 amide bonds. The molecule has 4 heteroatoms. The van der Waals surface area contributed by atoms with Crippen LogP contribution in [0, 0.1) is 0 Å². The molecule has 2 aliphatic heterocycles. The number of nitrogens with one attached hydrogen (secondary N) is 1. The molecule has 2 unspecified atom stereocenters. The van der Waals surface area contributed by atoms with Crippen LogP contribution in [0.3, 0.4) is 0 Å². The fourth-order valence-electron chi connectivity index (χ4n) is 3.76. The van der Waals surface area contributed by atoms with Crippen LogP contribution in [0.15, 0.2) is 18.2 Å². The highest BCUT2D eigenvalue weighted by molar-refractivity contribution is 6.34. The Hall–Kier alpha value is -0.280. The van der Waals surface area contributed by atoms with E-state index in [-0.39, 0.29) is 0 Å². The maximum atomic E-state index is 6.11. The zero-order chi connectivity index (χ0) is 14.1. The van der Waals surface area contributed by atoms with Gasteiger partial charge in [-0.1, -0.05) is 30.1 Å². The number of halogens is 2. The first kappa shape index (κ1) is 14.6. The fourth-order valence-corrected chi connectivity index (χ4v) is 4.33. The highest BCUT2D eigenvalue weighted by Gasteiger charge is 2.35. The van der Waals surface area contributed by atoms with Gasteiger partial charge in [-0.25, -0.2) is 0 Å². The fraction of sp³-hybridized carbons (Fsp3) is 0.625. The van der Waals surface area contributed by atoms with Crippen molar-refractivity contribution in [2.45, 2.75) is 57.3 Å². The monoisotopic (exact) mass is 312 g/mol. The summed E-state index contributed by atoms with van der Waals surface area (Å²) >= 11 is 12.2. The summed E-state index contributed by atoms with van der Waals surface area (Å²) in [6.07, 6.45) is 5.25. The molecule has 0 saturated carbocycles. The second-order valence-corrected chi connectivity index (χ2v) is 6.98. The maximum Gasteiger partial charge on any atom is 0.0424 e. The van der Waals surface area contributed by atoms with Crippen molar-refractivity contribution in [1.82, 2.24) is 10.2 Å². The summed E-state index contributed by atoms with van der Waals surface area (Å²) in [4.78, 5) is 2.58. The van der Waals surface area contributed by atoms with Crippen LogP contribution in [-0.2, 0) is 6.54 Å². The van der Waals surface area contributed by atoms with Crippen molar-refractivity contribution in [3.8, 4) is 0 Å². The average Bonchev–Trinajstić information content (AvgIpc) is 2.73. The van der Waals surface area contributed by atoms with Gasteiger partial charge in [0.15, 0.2) is 0 Å². The second-order valence-electron chi connectivity index (χ2n) is 6.10. The molecule has 2 aliphatic rings. The maximum absolute atomic E-state index is 6.11. The SMILES string of the molecule is CCN(Cc1cc(Cl)cc(Cl)c1)C1CC2CCC(C1)N2. The summed E-state index contributed by atoms with van der Waals surface area (Å²) < 4.78 is 0. The molecular formula is C16H22Cl2N2. The molecule has 2 saturated heterocycles. The molecule has 0 radical (unpaired) electrons. The molecule has 1 N–H and O–H groups in total. The van der Waals surface area contributed by atoms with E-state index in [4.69, 9.17) is 23.2 Å². The number of rotatable bonds is 4. The molecule has 0 spiro atoms. The van der Waals surface area contributed by atoms with Gasteiger partial charge in [-0.15, -0.1) is 0 Å². The van der Waals surface area contributed by atoms with Crippen LogP contribution in [0.2, 0.25) is 10.0 Å². The summed E-state index contributed by atoms with van der Waals surface area (Å²) in [6, 6.07) is 8.02. The first-order valence-electron chi connectivity index (χ1n) is 7.59. The van der Waals surface area contributed by atoms with E-state index in [1.807, 2.05) is 12.1 Å². The van der Waals surface area contributed by atoms with Gasteiger partial charge in [0, 0.05) is 34.7 Å².